The Hall–Kier alpha value is -0.610. The van der Waals surface area contributed by atoms with Gasteiger partial charge in [0.05, 0.1) is 12.2 Å². The molecule has 0 radical (unpaired) electrons. The van der Waals surface area contributed by atoms with Crippen molar-refractivity contribution in [2.75, 3.05) is 20.1 Å². The summed E-state index contributed by atoms with van der Waals surface area (Å²) < 4.78 is 0. The van der Waals surface area contributed by atoms with Gasteiger partial charge in [-0.15, -0.1) is 0 Å². The van der Waals surface area contributed by atoms with Crippen molar-refractivity contribution in [2.45, 2.75) is 70.6 Å². The molecule has 2 atom stereocenters. The SMILES string of the molecule is CC(C)C1NC(C2CCCC2)N(CCN(C)C2CC2)C1=O. The van der Waals surface area contributed by atoms with Crippen molar-refractivity contribution in [2.24, 2.45) is 11.8 Å². The maximum atomic E-state index is 12.8. The maximum absolute atomic E-state index is 12.8. The summed E-state index contributed by atoms with van der Waals surface area (Å²) >= 11 is 0. The lowest BCUT2D eigenvalue weighted by Gasteiger charge is -2.30. The largest absolute Gasteiger partial charge is 0.324 e. The molecule has 4 nitrogen and oxygen atoms in total. The average Bonchev–Trinajstić information content (AvgIpc) is 3.06. The molecule has 1 saturated heterocycles. The molecule has 0 aromatic carbocycles. The van der Waals surface area contributed by atoms with Crippen LogP contribution in [0.1, 0.15) is 52.4 Å². The quantitative estimate of drug-likeness (QED) is 0.814. The number of carbonyl (C=O) groups is 1. The second kappa shape index (κ2) is 6.25. The number of hydrogen-bond donors (Lipinski definition) is 1. The van der Waals surface area contributed by atoms with Crippen LogP contribution in [0.5, 0.6) is 0 Å². The zero-order valence-corrected chi connectivity index (χ0v) is 13.8. The number of rotatable bonds is 6. The van der Waals surface area contributed by atoms with Crippen LogP contribution in [0.15, 0.2) is 0 Å². The van der Waals surface area contributed by atoms with Crippen LogP contribution in [0.3, 0.4) is 0 Å². The van der Waals surface area contributed by atoms with Crippen molar-refractivity contribution in [3.63, 3.8) is 0 Å². The van der Waals surface area contributed by atoms with Gasteiger partial charge in [0.2, 0.25) is 5.91 Å². The molecule has 2 unspecified atom stereocenters. The van der Waals surface area contributed by atoms with Crippen LogP contribution >= 0.6 is 0 Å². The minimum absolute atomic E-state index is 0.0295. The number of carbonyl (C=O) groups excluding carboxylic acids is 1. The Morgan fingerprint density at radius 3 is 2.48 bits per heavy atom. The van der Waals surface area contributed by atoms with E-state index in [4.69, 9.17) is 0 Å². The van der Waals surface area contributed by atoms with Crippen molar-refractivity contribution in [3.05, 3.63) is 0 Å². The lowest BCUT2D eigenvalue weighted by Crippen LogP contribution is -2.45. The van der Waals surface area contributed by atoms with Crippen LogP contribution in [0.25, 0.3) is 0 Å². The van der Waals surface area contributed by atoms with Crippen LogP contribution in [0.2, 0.25) is 0 Å². The average molecular weight is 293 g/mol. The minimum atomic E-state index is 0.0295. The van der Waals surface area contributed by atoms with Gasteiger partial charge in [-0.1, -0.05) is 26.7 Å². The van der Waals surface area contributed by atoms with Gasteiger partial charge in [0.15, 0.2) is 0 Å². The molecule has 3 fully saturated rings. The maximum Gasteiger partial charge on any atom is 0.241 e. The molecule has 1 heterocycles. The van der Waals surface area contributed by atoms with Gasteiger partial charge in [0.25, 0.3) is 0 Å². The van der Waals surface area contributed by atoms with E-state index in [1.54, 1.807) is 0 Å². The van der Waals surface area contributed by atoms with E-state index in [2.05, 4.69) is 36.0 Å². The van der Waals surface area contributed by atoms with Crippen LogP contribution in [-0.2, 0) is 4.79 Å². The van der Waals surface area contributed by atoms with E-state index < -0.39 is 0 Å². The van der Waals surface area contributed by atoms with Gasteiger partial charge < -0.3 is 9.80 Å². The van der Waals surface area contributed by atoms with Gasteiger partial charge in [0.1, 0.15) is 0 Å². The van der Waals surface area contributed by atoms with Gasteiger partial charge in [-0.3, -0.25) is 10.1 Å². The van der Waals surface area contributed by atoms with Gasteiger partial charge in [0, 0.05) is 19.1 Å². The predicted molar refractivity (Wildman–Crippen MR) is 84.9 cm³/mol. The third kappa shape index (κ3) is 3.26. The fourth-order valence-electron chi connectivity index (χ4n) is 4.01. The lowest BCUT2D eigenvalue weighted by molar-refractivity contribution is -0.131. The highest BCUT2D eigenvalue weighted by Gasteiger charge is 2.44. The summed E-state index contributed by atoms with van der Waals surface area (Å²) in [5.41, 5.74) is 0. The molecule has 3 aliphatic rings. The summed E-state index contributed by atoms with van der Waals surface area (Å²) in [4.78, 5) is 17.4. The molecule has 3 rings (SSSR count). The van der Waals surface area contributed by atoms with E-state index >= 15 is 0 Å². The lowest BCUT2D eigenvalue weighted by atomic mass is 10.0. The van der Waals surface area contributed by atoms with Crippen LogP contribution in [0.4, 0.5) is 0 Å². The molecule has 0 bridgehead atoms. The van der Waals surface area contributed by atoms with E-state index in [-0.39, 0.29) is 6.04 Å². The van der Waals surface area contributed by atoms with Crippen molar-refractivity contribution in [3.8, 4) is 0 Å². The van der Waals surface area contributed by atoms with E-state index in [1.165, 1.54) is 38.5 Å². The molecule has 2 aliphatic carbocycles. The van der Waals surface area contributed by atoms with E-state index in [1.807, 2.05) is 0 Å². The van der Waals surface area contributed by atoms with Crippen LogP contribution in [0, 0.1) is 11.8 Å². The number of likely N-dealkylation sites (N-methyl/N-ethyl adjacent to an activating group) is 1. The highest BCUT2D eigenvalue weighted by molar-refractivity contribution is 5.84. The molecular formula is C17H31N3O. The number of nitrogens with zero attached hydrogens (tertiary/aromatic N) is 2. The number of amides is 1. The Morgan fingerprint density at radius 2 is 1.90 bits per heavy atom. The first-order chi connectivity index (χ1) is 10.1. The Kier molecular flexibility index (Phi) is 4.55. The van der Waals surface area contributed by atoms with Gasteiger partial charge >= 0.3 is 0 Å². The topological polar surface area (TPSA) is 35.6 Å². The second-order valence-corrected chi connectivity index (χ2v) is 7.62. The molecule has 0 spiro atoms. The Balaban J connectivity index is 1.64. The van der Waals surface area contributed by atoms with Crippen molar-refractivity contribution in [1.29, 1.82) is 0 Å². The Labute approximate surface area is 129 Å². The van der Waals surface area contributed by atoms with E-state index in [9.17, 15) is 4.79 Å². The molecule has 120 valence electrons. The first-order valence-electron chi connectivity index (χ1n) is 8.84. The molecule has 0 aromatic heterocycles. The molecule has 1 aliphatic heterocycles. The molecule has 4 heteroatoms. The third-order valence-electron chi connectivity index (χ3n) is 5.61. The summed E-state index contributed by atoms with van der Waals surface area (Å²) in [6.45, 7) is 6.22. The summed E-state index contributed by atoms with van der Waals surface area (Å²) in [5, 5.41) is 3.66. The van der Waals surface area contributed by atoms with Crippen LogP contribution < -0.4 is 5.32 Å². The molecule has 0 aromatic rings. The van der Waals surface area contributed by atoms with Crippen LogP contribution in [-0.4, -0.2) is 54.1 Å². The van der Waals surface area contributed by atoms with Crippen molar-refractivity contribution < 1.29 is 4.79 Å². The van der Waals surface area contributed by atoms with Gasteiger partial charge in [-0.25, -0.2) is 0 Å². The smallest absolute Gasteiger partial charge is 0.241 e. The molecule has 21 heavy (non-hydrogen) atoms. The zero-order valence-electron chi connectivity index (χ0n) is 13.8. The minimum Gasteiger partial charge on any atom is -0.324 e. The Bertz CT molecular complexity index is 374. The fourth-order valence-corrected chi connectivity index (χ4v) is 4.01. The fraction of sp³-hybridized carbons (Fsp3) is 0.941. The molecule has 1 N–H and O–H groups in total. The summed E-state index contributed by atoms with van der Waals surface area (Å²) in [6.07, 6.45) is 8.20. The summed E-state index contributed by atoms with van der Waals surface area (Å²) in [7, 11) is 2.20. The van der Waals surface area contributed by atoms with E-state index in [0.717, 1.165) is 19.1 Å². The third-order valence-corrected chi connectivity index (χ3v) is 5.61. The van der Waals surface area contributed by atoms with E-state index in [0.29, 0.717) is 23.9 Å². The van der Waals surface area contributed by atoms with Gasteiger partial charge in [-0.05, 0) is 44.6 Å². The standard InChI is InChI=1S/C17H31N3O/c1-12(2)15-17(21)20(11-10-19(3)14-8-9-14)16(18-15)13-6-4-5-7-13/h12-16,18H,4-11H2,1-3H3. The normalized spacial score (nSPS) is 31.1. The monoisotopic (exact) mass is 293 g/mol. The van der Waals surface area contributed by atoms with Crippen molar-refractivity contribution in [1.82, 2.24) is 15.1 Å². The molecular weight excluding hydrogens is 262 g/mol. The highest BCUT2D eigenvalue weighted by atomic mass is 16.2. The molecule has 1 amide bonds. The second-order valence-electron chi connectivity index (χ2n) is 7.62. The summed E-state index contributed by atoms with van der Waals surface area (Å²) in [6, 6.07) is 0.809. The molecule has 2 saturated carbocycles. The first kappa shape index (κ1) is 15.3. The highest BCUT2D eigenvalue weighted by Crippen LogP contribution is 2.33. The number of hydrogen-bond acceptors (Lipinski definition) is 3. The first-order valence-corrected chi connectivity index (χ1v) is 8.84. The Morgan fingerprint density at radius 1 is 1.24 bits per heavy atom. The zero-order chi connectivity index (χ0) is 15.0. The summed E-state index contributed by atoms with van der Waals surface area (Å²) in [5.74, 6) is 1.39. The van der Waals surface area contributed by atoms with Crippen molar-refractivity contribution >= 4 is 5.91 Å². The van der Waals surface area contributed by atoms with Gasteiger partial charge in [-0.2, -0.15) is 0 Å². The predicted octanol–water partition coefficient (Wildman–Crippen LogP) is 2.05. The number of nitrogens with one attached hydrogen (secondary N) is 1.